The Morgan fingerprint density at radius 3 is 1.27 bits per heavy atom. The van der Waals surface area contributed by atoms with Crippen LogP contribution in [0.15, 0.2) is 0 Å². The van der Waals surface area contributed by atoms with E-state index >= 15 is 0 Å². The van der Waals surface area contributed by atoms with E-state index < -0.39 is 0 Å². The van der Waals surface area contributed by atoms with Gasteiger partial charge in [-0.3, -0.25) is 9.59 Å². The average molecular weight is 243 g/mol. The summed E-state index contributed by atoms with van der Waals surface area (Å²) in [6.07, 6.45) is 0. The lowest BCUT2D eigenvalue weighted by Gasteiger charge is -1.93. The van der Waals surface area contributed by atoms with Gasteiger partial charge in [-0.25, -0.2) is 0 Å². The molecule has 0 aliphatic carbocycles. The molecule has 0 saturated heterocycles. The summed E-state index contributed by atoms with van der Waals surface area (Å²) in [7, 11) is 0. The van der Waals surface area contributed by atoms with Crippen molar-refractivity contribution in [1.82, 2.24) is 0 Å². The molecule has 0 aromatic heterocycles. The molecule has 0 aromatic rings. The number of esters is 2. The first-order valence-electron chi connectivity index (χ1n) is 4.33. The normalized spacial score (nSPS) is 7.73. The van der Waals surface area contributed by atoms with Crippen molar-refractivity contribution in [3.63, 3.8) is 0 Å². The Bertz CT molecular complexity index is 149. The number of nitrogens with two attached hydrogens (primary N) is 2. The minimum atomic E-state index is -0.345. The zero-order chi connectivity index (χ0) is 11.4. The van der Waals surface area contributed by atoms with E-state index in [9.17, 15) is 9.59 Å². The molecule has 0 aromatic carbocycles. The second-order valence-corrected chi connectivity index (χ2v) is 2.02. The molecule has 15 heavy (non-hydrogen) atoms. The summed E-state index contributed by atoms with van der Waals surface area (Å²) in [6, 6.07) is 0. The summed E-state index contributed by atoms with van der Waals surface area (Å²) in [4.78, 5) is 20.1. The van der Waals surface area contributed by atoms with Gasteiger partial charge in [0.05, 0.1) is 26.3 Å². The summed E-state index contributed by atoms with van der Waals surface area (Å²) >= 11 is 0. The minimum Gasteiger partial charge on any atom is -0.465 e. The van der Waals surface area contributed by atoms with Gasteiger partial charge in [0, 0.05) is 0 Å². The lowest BCUT2D eigenvalue weighted by atomic mass is 10.7. The summed E-state index contributed by atoms with van der Waals surface area (Å²) < 4.78 is 8.85. The van der Waals surface area contributed by atoms with Crippen LogP contribution in [0.2, 0.25) is 0 Å². The van der Waals surface area contributed by atoms with Gasteiger partial charge in [0.1, 0.15) is 0 Å². The second kappa shape index (κ2) is 15.6. The zero-order valence-electron chi connectivity index (χ0n) is 9.02. The Morgan fingerprint density at radius 1 is 0.933 bits per heavy atom. The van der Waals surface area contributed by atoms with E-state index in [0.29, 0.717) is 13.2 Å². The molecular weight excluding hydrogens is 224 g/mol. The average Bonchev–Trinajstić information content (AvgIpc) is 2.19. The van der Waals surface area contributed by atoms with E-state index in [4.69, 9.17) is 11.5 Å². The van der Waals surface area contributed by atoms with Gasteiger partial charge in [-0.05, 0) is 13.8 Å². The number of hydrogen-bond donors (Lipinski definition) is 2. The van der Waals surface area contributed by atoms with E-state index in [-0.39, 0.29) is 37.4 Å². The number of halogens is 1. The molecule has 92 valence electrons. The first-order chi connectivity index (χ1) is 6.62. The fourth-order valence-corrected chi connectivity index (χ4v) is 0.440. The van der Waals surface area contributed by atoms with Crippen LogP contribution in [0.4, 0.5) is 0 Å². The monoisotopic (exact) mass is 242 g/mol. The third-order valence-corrected chi connectivity index (χ3v) is 0.944. The topological polar surface area (TPSA) is 105 Å². The van der Waals surface area contributed by atoms with E-state index in [1.807, 2.05) is 0 Å². The second-order valence-electron chi connectivity index (χ2n) is 2.02. The van der Waals surface area contributed by atoms with Crippen molar-refractivity contribution in [3.8, 4) is 0 Å². The number of hydrogen-bond acceptors (Lipinski definition) is 6. The van der Waals surface area contributed by atoms with Crippen LogP contribution in [0, 0.1) is 0 Å². The fraction of sp³-hybridized carbons (Fsp3) is 0.750. The highest BCUT2D eigenvalue weighted by molar-refractivity contribution is 5.85. The van der Waals surface area contributed by atoms with Crippen LogP contribution in [0.25, 0.3) is 0 Å². The molecule has 0 aliphatic heterocycles. The number of carbonyl (C=O) groups excluding carboxylic acids is 2. The minimum absolute atomic E-state index is 0. The fourth-order valence-electron chi connectivity index (χ4n) is 0.440. The molecule has 0 fully saturated rings. The Kier molecular flexibility index (Phi) is 20.5. The van der Waals surface area contributed by atoms with Crippen molar-refractivity contribution in [3.05, 3.63) is 0 Å². The zero-order valence-corrected chi connectivity index (χ0v) is 9.84. The van der Waals surface area contributed by atoms with Crippen molar-refractivity contribution in [2.75, 3.05) is 26.3 Å². The van der Waals surface area contributed by atoms with Gasteiger partial charge in [0.25, 0.3) is 0 Å². The Labute approximate surface area is 95.7 Å². The lowest BCUT2D eigenvalue weighted by molar-refractivity contribution is -0.142. The molecule has 0 unspecified atom stereocenters. The third-order valence-electron chi connectivity index (χ3n) is 0.944. The van der Waals surface area contributed by atoms with E-state index in [2.05, 4.69) is 9.47 Å². The Balaban J connectivity index is -0.000000180. The molecule has 0 bridgehead atoms. The van der Waals surface area contributed by atoms with Gasteiger partial charge >= 0.3 is 11.9 Å². The van der Waals surface area contributed by atoms with Gasteiger partial charge in [0.15, 0.2) is 0 Å². The van der Waals surface area contributed by atoms with Crippen LogP contribution < -0.4 is 11.5 Å². The molecule has 6 nitrogen and oxygen atoms in total. The molecule has 0 atom stereocenters. The Hall–Kier alpha value is -0.850. The Morgan fingerprint density at radius 2 is 1.20 bits per heavy atom. The molecule has 0 spiro atoms. The molecule has 0 amide bonds. The van der Waals surface area contributed by atoms with Crippen molar-refractivity contribution >= 4 is 24.3 Å². The first kappa shape index (κ1) is 19.7. The van der Waals surface area contributed by atoms with Crippen LogP contribution in [0.3, 0.4) is 0 Å². The predicted molar refractivity (Wildman–Crippen MR) is 58.6 cm³/mol. The molecule has 0 aliphatic rings. The smallest absolute Gasteiger partial charge is 0.319 e. The summed E-state index contributed by atoms with van der Waals surface area (Å²) in [5.41, 5.74) is 9.77. The van der Waals surface area contributed by atoms with Crippen molar-refractivity contribution in [2.45, 2.75) is 13.8 Å². The molecule has 0 rings (SSSR count). The maximum atomic E-state index is 10.1. The summed E-state index contributed by atoms with van der Waals surface area (Å²) in [5.74, 6) is -0.690. The molecular formula is C8H19ClN2O4. The molecule has 7 heteroatoms. The van der Waals surface area contributed by atoms with E-state index in [1.165, 1.54) is 0 Å². The molecule has 4 N–H and O–H groups in total. The highest BCUT2D eigenvalue weighted by Gasteiger charge is 1.92. The van der Waals surface area contributed by atoms with E-state index in [1.54, 1.807) is 13.8 Å². The molecule has 0 heterocycles. The van der Waals surface area contributed by atoms with Crippen LogP contribution in [-0.2, 0) is 19.1 Å². The lowest BCUT2D eigenvalue weighted by Crippen LogP contribution is -2.16. The van der Waals surface area contributed by atoms with Crippen LogP contribution in [0.1, 0.15) is 13.8 Å². The van der Waals surface area contributed by atoms with Gasteiger partial charge in [0.2, 0.25) is 0 Å². The quantitative estimate of drug-likeness (QED) is 0.641. The van der Waals surface area contributed by atoms with Gasteiger partial charge in [-0.1, -0.05) is 0 Å². The first-order valence-corrected chi connectivity index (χ1v) is 4.33. The standard InChI is InChI=1S/2C4H9NO2.ClH/c2*1-2-7-4(6)3-5;/h2*2-3,5H2,1H3;1H. The van der Waals surface area contributed by atoms with Crippen molar-refractivity contribution in [1.29, 1.82) is 0 Å². The highest BCUT2D eigenvalue weighted by atomic mass is 35.5. The number of ether oxygens (including phenoxy) is 2. The van der Waals surface area contributed by atoms with Gasteiger partial charge in [-0.2, -0.15) is 0 Å². The summed E-state index contributed by atoms with van der Waals surface area (Å²) in [6.45, 7) is 4.27. The predicted octanol–water partition coefficient (Wildman–Crippen LogP) is -0.562. The highest BCUT2D eigenvalue weighted by Crippen LogP contribution is 1.70. The maximum absolute atomic E-state index is 10.1. The SMILES string of the molecule is CCOC(=O)CN.CCOC(=O)CN.Cl. The molecule has 0 radical (unpaired) electrons. The van der Waals surface area contributed by atoms with Crippen molar-refractivity contribution < 1.29 is 19.1 Å². The van der Waals surface area contributed by atoms with Gasteiger partial charge < -0.3 is 20.9 Å². The van der Waals surface area contributed by atoms with Crippen LogP contribution in [0.5, 0.6) is 0 Å². The summed E-state index contributed by atoms with van der Waals surface area (Å²) in [5, 5.41) is 0. The maximum Gasteiger partial charge on any atom is 0.319 e. The van der Waals surface area contributed by atoms with Gasteiger partial charge in [-0.15, -0.1) is 12.4 Å². The number of rotatable bonds is 4. The van der Waals surface area contributed by atoms with Crippen molar-refractivity contribution in [2.24, 2.45) is 11.5 Å². The van der Waals surface area contributed by atoms with Crippen LogP contribution >= 0.6 is 12.4 Å². The largest absolute Gasteiger partial charge is 0.465 e. The van der Waals surface area contributed by atoms with Crippen LogP contribution in [-0.4, -0.2) is 38.2 Å². The third kappa shape index (κ3) is 19.5. The molecule has 0 saturated carbocycles. The number of carbonyl (C=O) groups is 2. The van der Waals surface area contributed by atoms with E-state index in [0.717, 1.165) is 0 Å².